The number of fused-ring (bicyclic) bond motifs is 3. The molecule has 2 bridgehead atoms. The lowest BCUT2D eigenvalue weighted by Gasteiger charge is -2.56. The van der Waals surface area contributed by atoms with E-state index in [4.69, 9.17) is 16.3 Å². The van der Waals surface area contributed by atoms with Gasteiger partial charge in [-0.15, -0.1) is 13.2 Å². The van der Waals surface area contributed by atoms with Crippen molar-refractivity contribution in [2.24, 2.45) is 0 Å². The van der Waals surface area contributed by atoms with E-state index >= 15 is 0 Å². The second-order valence-electron chi connectivity index (χ2n) is 8.95. The summed E-state index contributed by atoms with van der Waals surface area (Å²) in [6, 6.07) is 5.91. The SMILES string of the molecule is O=C(COc1ccc(Cl)c(F)c1)NC12CCC(NC(=O)c3ccc(OC(F)(F)F)cn3)(CC1)C[C@@H]2O. The third kappa shape index (κ3) is 5.81. The average Bonchev–Trinajstić information content (AvgIpc) is 2.80. The highest BCUT2D eigenvalue weighted by atomic mass is 35.5. The number of hydrogen-bond acceptors (Lipinski definition) is 6. The quantitative estimate of drug-likeness (QED) is 0.472. The first-order valence-electron chi connectivity index (χ1n) is 11.0. The molecule has 3 aliphatic carbocycles. The third-order valence-corrected chi connectivity index (χ3v) is 6.86. The molecule has 0 unspecified atom stereocenters. The molecule has 1 aromatic heterocycles. The van der Waals surface area contributed by atoms with E-state index in [1.165, 1.54) is 12.1 Å². The zero-order chi connectivity index (χ0) is 26.1. The van der Waals surface area contributed by atoms with Crippen molar-refractivity contribution in [1.82, 2.24) is 15.6 Å². The number of ether oxygens (including phenoxy) is 2. The van der Waals surface area contributed by atoms with Crippen molar-refractivity contribution < 1.29 is 41.7 Å². The second-order valence-corrected chi connectivity index (χ2v) is 9.36. The van der Waals surface area contributed by atoms with Crippen molar-refractivity contribution in [3.8, 4) is 11.5 Å². The molecule has 1 aromatic carbocycles. The maximum Gasteiger partial charge on any atom is 0.573 e. The number of rotatable bonds is 7. The van der Waals surface area contributed by atoms with Gasteiger partial charge in [-0.25, -0.2) is 9.37 Å². The number of benzene rings is 1. The molecule has 194 valence electrons. The first-order valence-corrected chi connectivity index (χ1v) is 11.4. The van der Waals surface area contributed by atoms with Gasteiger partial charge in [0.2, 0.25) is 0 Å². The highest BCUT2D eigenvalue weighted by Crippen LogP contribution is 2.47. The van der Waals surface area contributed by atoms with E-state index in [0.29, 0.717) is 25.7 Å². The van der Waals surface area contributed by atoms with E-state index < -0.39 is 53.5 Å². The Morgan fingerprint density at radius 2 is 1.81 bits per heavy atom. The molecule has 2 amide bonds. The van der Waals surface area contributed by atoms with E-state index in [2.05, 4.69) is 20.4 Å². The van der Waals surface area contributed by atoms with Crippen molar-refractivity contribution >= 4 is 23.4 Å². The van der Waals surface area contributed by atoms with Crippen LogP contribution in [0.4, 0.5) is 17.6 Å². The lowest BCUT2D eigenvalue weighted by atomic mass is 9.60. The number of aromatic nitrogens is 1. The summed E-state index contributed by atoms with van der Waals surface area (Å²) in [6.07, 6.45) is -3.21. The number of alkyl halides is 3. The highest BCUT2D eigenvalue weighted by Gasteiger charge is 2.55. The third-order valence-electron chi connectivity index (χ3n) is 6.55. The van der Waals surface area contributed by atoms with Gasteiger partial charge in [0.25, 0.3) is 11.8 Å². The van der Waals surface area contributed by atoms with Crippen LogP contribution >= 0.6 is 11.6 Å². The molecule has 1 heterocycles. The normalized spacial score (nSPS) is 25.2. The molecule has 3 saturated carbocycles. The number of carbonyl (C=O) groups excluding carboxylic acids is 2. The monoisotopic (exact) mass is 531 g/mol. The van der Waals surface area contributed by atoms with Gasteiger partial charge in [-0.3, -0.25) is 9.59 Å². The highest BCUT2D eigenvalue weighted by molar-refractivity contribution is 6.30. The largest absolute Gasteiger partial charge is 0.573 e. The number of aliphatic hydroxyl groups is 1. The van der Waals surface area contributed by atoms with Gasteiger partial charge in [0.15, 0.2) is 6.61 Å². The number of amides is 2. The summed E-state index contributed by atoms with van der Waals surface area (Å²) >= 11 is 5.62. The maximum absolute atomic E-state index is 13.5. The summed E-state index contributed by atoms with van der Waals surface area (Å²) in [5, 5.41) is 16.4. The average molecular weight is 532 g/mol. The Labute approximate surface area is 207 Å². The molecule has 0 radical (unpaired) electrons. The van der Waals surface area contributed by atoms with Crippen LogP contribution in [0.25, 0.3) is 0 Å². The predicted octanol–water partition coefficient (Wildman–Crippen LogP) is 3.51. The number of aliphatic hydroxyl groups excluding tert-OH is 1. The topological polar surface area (TPSA) is 110 Å². The van der Waals surface area contributed by atoms with Crippen LogP contribution in [0.5, 0.6) is 11.5 Å². The summed E-state index contributed by atoms with van der Waals surface area (Å²) in [6.45, 7) is -0.392. The van der Waals surface area contributed by atoms with Gasteiger partial charge in [-0.1, -0.05) is 11.6 Å². The van der Waals surface area contributed by atoms with Crippen LogP contribution in [-0.4, -0.2) is 52.1 Å². The van der Waals surface area contributed by atoms with Crippen molar-refractivity contribution in [2.45, 2.75) is 55.6 Å². The summed E-state index contributed by atoms with van der Waals surface area (Å²) in [7, 11) is 0. The smallest absolute Gasteiger partial charge is 0.484 e. The minimum atomic E-state index is -4.87. The predicted molar refractivity (Wildman–Crippen MR) is 118 cm³/mol. The van der Waals surface area contributed by atoms with E-state index in [0.717, 1.165) is 24.4 Å². The summed E-state index contributed by atoms with van der Waals surface area (Å²) in [4.78, 5) is 28.9. The Bertz CT molecular complexity index is 1140. The molecule has 2 aromatic rings. The summed E-state index contributed by atoms with van der Waals surface area (Å²) in [5.41, 5.74) is -1.74. The number of pyridine rings is 1. The number of hydrogen-bond donors (Lipinski definition) is 3. The zero-order valence-corrected chi connectivity index (χ0v) is 19.5. The number of halogens is 5. The number of carbonyl (C=O) groups is 2. The van der Waals surface area contributed by atoms with Gasteiger partial charge in [0.05, 0.1) is 22.9 Å². The molecule has 1 atom stereocenters. The second kappa shape index (κ2) is 9.74. The molecule has 0 saturated heterocycles. The minimum Gasteiger partial charge on any atom is -0.484 e. The van der Waals surface area contributed by atoms with E-state index in [-0.39, 0.29) is 22.9 Å². The summed E-state index contributed by atoms with van der Waals surface area (Å²) in [5.74, 6) is -2.18. The Morgan fingerprint density at radius 3 is 2.39 bits per heavy atom. The van der Waals surface area contributed by atoms with E-state index in [1.807, 2.05) is 0 Å². The Kier molecular flexibility index (Phi) is 7.02. The Balaban J connectivity index is 1.32. The first-order chi connectivity index (χ1) is 16.9. The fourth-order valence-corrected chi connectivity index (χ4v) is 4.82. The van der Waals surface area contributed by atoms with Crippen molar-refractivity contribution in [3.05, 3.63) is 53.1 Å². The van der Waals surface area contributed by atoms with Gasteiger partial charge in [0.1, 0.15) is 23.0 Å². The lowest BCUT2D eigenvalue weighted by molar-refractivity contribution is -0.274. The molecule has 3 aliphatic rings. The maximum atomic E-state index is 13.5. The van der Waals surface area contributed by atoms with Crippen LogP contribution in [-0.2, 0) is 4.79 Å². The molecule has 13 heteroatoms. The fourth-order valence-electron chi connectivity index (χ4n) is 4.70. The minimum absolute atomic E-state index is 0.0722. The molecular weight excluding hydrogens is 510 g/mol. The van der Waals surface area contributed by atoms with Gasteiger partial charge in [-0.05, 0) is 56.4 Å². The molecule has 0 aliphatic heterocycles. The Morgan fingerprint density at radius 1 is 1.11 bits per heavy atom. The van der Waals surface area contributed by atoms with Gasteiger partial charge < -0.3 is 25.2 Å². The molecule has 3 fully saturated rings. The molecule has 5 rings (SSSR count). The molecule has 8 nitrogen and oxygen atoms in total. The van der Waals surface area contributed by atoms with Crippen LogP contribution in [0, 0.1) is 5.82 Å². The van der Waals surface area contributed by atoms with Crippen LogP contribution in [0.15, 0.2) is 36.5 Å². The van der Waals surface area contributed by atoms with Crippen LogP contribution in [0.2, 0.25) is 5.02 Å². The standard InChI is InChI=1S/C23H22ClF4N3O5/c24-15-3-1-13(9-16(15)25)35-12-19(33)30-22-7-5-21(6-8-22,10-18(22)32)31-20(34)17-4-2-14(11-29-17)36-23(26,27)28/h1-4,9,11,18,32H,5-8,10,12H2,(H,30,33)(H,31,34)/t18-,21?,22?/m0/s1. The first kappa shape index (κ1) is 26.0. The van der Waals surface area contributed by atoms with E-state index in [1.54, 1.807) is 0 Å². The lowest BCUT2D eigenvalue weighted by Crippen LogP contribution is -2.70. The molecule has 36 heavy (non-hydrogen) atoms. The van der Waals surface area contributed by atoms with Crippen molar-refractivity contribution in [3.63, 3.8) is 0 Å². The van der Waals surface area contributed by atoms with Crippen LogP contribution in [0.1, 0.15) is 42.6 Å². The zero-order valence-electron chi connectivity index (χ0n) is 18.7. The van der Waals surface area contributed by atoms with Gasteiger partial charge in [0, 0.05) is 11.6 Å². The van der Waals surface area contributed by atoms with Gasteiger partial charge in [-0.2, -0.15) is 0 Å². The Hall–Kier alpha value is -3.12. The number of nitrogens with one attached hydrogen (secondary N) is 2. The molecule has 3 N–H and O–H groups in total. The van der Waals surface area contributed by atoms with Crippen molar-refractivity contribution in [2.75, 3.05) is 6.61 Å². The molecular formula is C23H22ClF4N3O5. The number of nitrogens with zero attached hydrogens (tertiary/aromatic N) is 1. The van der Waals surface area contributed by atoms with Crippen LogP contribution in [0.3, 0.4) is 0 Å². The van der Waals surface area contributed by atoms with Crippen molar-refractivity contribution in [1.29, 1.82) is 0 Å². The van der Waals surface area contributed by atoms with Crippen LogP contribution < -0.4 is 20.1 Å². The fraction of sp³-hybridized carbons (Fsp3) is 0.435. The molecule has 0 spiro atoms. The summed E-state index contributed by atoms with van der Waals surface area (Å²) < 4.78 is 59.5. The van der Waals surface area contributed by atoms with Gasteiger partial charge >= 0.3 is 6.36 Å². The van der Waals surface area contributed by atoms with E-state index in [9.17, 15) is 32.3 Å².